The van der Waals surface area contributed by atoms with Crippen molar-refractivity contribution in [2.45, 2.75) is 33.3 Å². The van der Waals surface area contributed by atoms with E-state index in [2.05, 4.69) is 0 Å². The molecule has 1 rings (SSSR count). The number of hydrogen-bond donors (Lipinski definition) is 0. The van der Waals surface area contributed by atoms with E-state index < -0.39 is 6.10 Å². The predicted molar refractivity (Wildman–Crippen MR) is 65.4 cm³/mol. The van der Waals surface area contributed by atoms with Gasteiger partial charge in [-0.3, -0.25) is 4.79 Å². The fraction of sp³-hybridized carbons (Fsp3) is 0.500. The van der Waals surface area contributed by atoms with Gasteiger partial charge < -0.3 is 4.74 Å². The molecule has 1 unspecified atom stereocenters. The second kappa shape index (κ2) is 5.41. The molecule has 0 saturated carbocycles. The second-order valence-electron chi connectivity index (χ2n) is 5.22. The van der Waals surface area contributed by atoms with Gasteiger partial charge in [-0.15, -0.1) is 0 Å². The van der Waals surface area contributed by atoms with Crippen LogP contribution in [0, 0.1) is 11.2 Å². The zero-order valence-electron chi connectivity index (χ0n) is 10.8. The molecule has 0 radical (unpaired) electrons. The van der Waals surface area contributed by atoms with Gasteiger partial charge in [-0.1, -0.05) is 39.0 Å². The lowest BCUT2D eigenvalue weighted by Crippen LogP contribution is -2.37. The Bertz CT molecular complexity index is 393. The van der Waals surface area contributed by atoms with E-state index in [4.69, 9.17) is 4.74 Å². The van der Waals surface area contributed by atoms with Crippen LogP contribution in [-0.4, -0.2) is 19.0 Å². The van der Waals surface area contributed by atoms with Crippen LogP contribution < -0.4 is 0 Å². The lowest BCUT2D eigenvalue weighted by Gasteiger charge is -2.28. The van der Waals surface area contributed by atoms with Crippen molar-refractivity contribution < 1.29 is 13.9 Å². The molecule has 1 atom stereocenters. The quantitative estimate of drug-likeness (QED) is 0.806. The summed E-state index contributed by atoms with van der Waals surface area (Å²) in [4.78, 5) is 12.1. The lowest BCUT2D eigenvalue weighted by atomic mass is 9.84. The van der Waals surface area contributed by atoms with E-state index in [1.54, 1.807) is 18.2 Å². The average molecular weight is 238 g/mol. The summed E-state index contributed by atoms with van der Waals surface area (Å²) in [6, 6.07) is 6.33. The maximum atomic E-state index is 13.4. The number of carbonyl (C=O) groups excluding carboxylic acids is 1. The summed E-state index contributed by atoms with van der Waals surface area (Å²) in [5, 5.41) is 0. The summed E-state index contributed by atoms with van der Waals surface area (Å²) >= 11 is 0. The number of hydrogen-bond acceptors (Lipinski definition) is 2. The maximum Gasteiger partial charge on any atom is 0.166 e. The molecule has 1 aromatic rings. The third-order valence-electron chi connectivity index (χ3n) is 2.64. The van der Waals surface area contributed by atoms with E-state index in [0.29, 0.717) is 5.56 Å². The molecule has 2 nitrogen and oxygen atoms in total. The van der Waals surface area contributed by atoms with Crippen LogP contribution in [0.25, 0.3) is 0 Å². The number of carbonyl (C=O) groups is 1. The van der Waals surface area contributed by atoms with Gasteiger partial charge in [-0.05, 0) is 17.0 Å². The minimum atomic E-state index is -0.512. The van der Waals surface area contributed by atoms with Gasteiger partial charge in [0.25, 0.3) is 0 Å². The Balaban J connectivity index is 2.82. The molecule has 0 aromatic heterocycles. The van der Waals surface area contributed by atoms with Crippen LogP contribution in [0.5, 0.6) is 0 Å². The van der Waals surface area contributed by atoms with Crippen molar-refractivity contribution in [2.24, 2.45) is 5.41 Å². The molecule has 0 heterocycles. The third-order valence-corrected chi connectivity index (χ3v) is 2.64. The number of Topliss-reactive ketones (excluding diaryl/α,β-unsaturated/α-hetero) is 1. The van der Waals surface area contributed by atoms with Crippen LogP contribution in [0.15, 0.2) is 24.3 Å². The molecule has 0 aliphatic carbocycles. The van der Waals surface area contributed by atoms with Crippen molar-refractivity contribution in [2.75, 3.05) is 7.11 Å². The highest BCUT2D eigenvalue weighted by atomic mass is 19.1. The Labute approximate surface area is 102 Å². The van der Waals surface area contributed by atoms with E-state index in [0.717, 1.165) is 0 Å². The third kappa shape index (κ3) is 3.63. The molecule has 0 aliphatic rings. The Kier molecular flexibility index (Phi) is 4.40. The molecule has 0 fully saturated rings. The largest absolute Gasteiger partial charge is 0.373 e. The lowest BCUT2D eigenvalue weighted by molar-refractivity contribution is -0.134. The monoisotopic (exact) mass is 238 g/mol. The van der Waals surface area contributed by atoms with E-state index in [9.17, 15) is 9.18 Å². The minimum absolute atomic E-state index is 0.0719. The first-order chi connectivity index (χ1) is 7.86. The highest BCUT2D eigenvalue weighted by Gasteiger charge is 2.31. The van der Waals surface area contributed by atoms with Crippen LogP contribution in [-0.2, 0) is 16.0 Å². The van der Waals surface area contributed by atoms with Crippen molar-refractivity contribution in [3.63, 3.8) is 0 Å². The highest BCUT2D eigenvalue weighted by molar-refractivity contribution is 5.86. The Hall–Kier alpha value is -1.22. The number of methoxy groups -OCH3 is 1. The highest BCUT2D eigenvalue weighted by Crippen LogP contribution is 2.24. The van der Waals surface area contributed by atoms with Crippen molar-refractivity contribution >= 4 is 5.78 Å². The van der Waals surface area contributed by atoms with Crippen LogP contribution >= 0.6 is 0 Å². The minimum Gasteiger partial charge on any atom is -0.373 e. The average Bonchev–Trinajstić information content (AvgIpc) is 2.20. The van der Waals surface area contributed by atoms with Gasteiger partial charge in [0.1, 0.15) is 11.9 Å². The van der Waals surface area contributed by atoms with Crippen molar-refractivity contribution in [3.05, 3.63) is 35.6 Å². The molecule has 0 amide bonds. The van der Waals surface area contributed by atoms with E-state index in [1.165, 1.54) is 13.2 Å². The van der Waals surface area contributed by atoms with Gasteiger partial charge in [0.05, 0.1) is 0 Å². The van der Waals surface area contributed by atoms with Crippen molar-refractivity contribution in [3.8, 4) is 0 Å². The zero-order chi connectivity index (χ0) is 13.1. The molecule has 0 saturated heterocycles. The molecule has 0 aliphatic heterocycles. The van der Waals surface area contributed by atoms with Gasteiger partial charge in [-0.25, -0.2) is 4.39 Å². The van der Waals surface area contributed by atoms with Crippen LogP contribution in [0.3, 0.4) is 0 Å². The summed E-state index contributed by atoms with van der Waals surface area (Å²) in [5.41, 5.74) is 0.140. The summed E-state index contributed by atoms with van der Waals surface area (Å²) in [6.45, 7) is 5.79. The van der Waals surface area contributed by atoms with Crippen molar-refractivity contribution in [1.29, 1.82) is 0 Å². The fourth-order valence-corrected chi connectivity index (χ4v) is 1.89. The SMILES string of the molecule is COC(C(=O)Cc1ccccc1F)C(C)(C)C. The first kappa shape index (κ1) is 13.8. The topological polar surface area (TPSA) is 26.3 Å². The Morgan fingerprint density at radius 1 is 1.35 bits per heavy atom. The molecule has 0 N–H and O–H groups in total. The number of ketones is 1. The van der Waals surface area contributed by atoms with E-state index in [1.807, 2.05) is 20.8 Å². The summed E-state index contributed by atoms with van der Waals surface area (Å²) < 4.78 is 18.6. The molecule has 94 valence electrons. The Morgan fingerprint density at radius 3 is 2.41 bits per heavy atom. The summed E-state index contributed by atoms with van der Waals surface area (Å²) in [7, 11) is 1.51. The van der Waals surface area contributed by atoms with Crippen molar-refractivity contribution in [1.82, 2.24) is 0 Å². The zero-order valence-corrected chi connectivity index (χ0v) is 10.8. The standard InChI is InChI=1S/C14H19FO2/c1-14(2,3)13(17-4)12(16)9-10-7-5-6-8-11(10)15/h5-8,13H,9H2,1-4H3. The maximum absolute atomic E-state index is 13.4. The second-order valence-corrected chi connectivity index (χ2v) is 5.22. The number of halogens is 1. The van der Waals surface area contributed by atoms with Gasteiger partial charge in [-0.2, -0.15) is 0 Å². The number of benzene rings is 1. The number of ether oxygens (including phenoxy) is 1. The smallest absolute Gasteiger partial charge is 0.166 e. The summed E-state index contributed by atoms with van der Waals surface area (Å²) in [6.07, 6.45) is -0.440. The van der Waals surface area contributed by atoms with Crippen LogP contribution in [0.1, 0.15) is 26.3 Å². The molecule has 17 heavy (non-hydrogen) atoms. The molecular weight excluding hydrogens is 219 g/mol. The fourth-order valence-electron chi connectivity index (χ4n) is 1.89. The molecule has 0 bridgehead atoms. The number of rotatable bonds is 4. The first-order valence-corrected chi connectivity index (χ1v) is 5.65. The van der Waals surface area contributed by atoms with Gasteiger partial charge >= 0.3 is 0 Å². The van der Waals surface area contributed by atoms with Gasteiger partial charge in [0.15, 0.2) is 5.78 Å². The molecule has 3 heteroatoms. The van der Waals surface area contributed by atoms with Gasteiger partial charge in [0, 0.05) is 13.5 Å². The van der Waals surface area contributed by atoms with E-state index >= 15 is 0 Å². The molecule has 0 spiro atoms. The molecular formula is C14H19FO2. The predicted octanol–water partition coefficient (Wildman–Crippen LogP) is 3.00. The van der Waals surface area contributed by atoms with Crippen LogP contribution in [0.2, 0.25) is 0 Å². The molecule has 1 aromatic carbocycles. The first-order valence-electron chi connectivity index (χ1n) is 5.65. The van der Waals surface area contributed by atoms with Gasteiger partial charge in [0.2, 0.25) is 0 Å². The Morgan fingerprint density at radius 2 is 1.94 bits per heavy atom. The van der Waals surface area contributed by atoms with E-state index in [-0.39, 0.29) is 23.4 Å². The normalized spacial score (nSPS) is 13.5. The van der Waals surface area contributed by atoms with Crippen LogP contribution in [0.4, 0.5) is 4.39 Å². The summed E-state index contributed by atoms with van der Waals surface area (Å²) in [5.74, 6) is -0.435.